The van der Waals surface area contributed by atoms with E-state index in [2.05, 4.69) is 5.32 Å². The number of hydrogen-bond acceptors (Lipinski definition) is 4. The van der Waals surface area contributed by atoms with Crippen molar-refractivity contribution in [2.45, 2.75) is 43.7 Å². The lowest BCUT2D eigenvalue weighted by Gasteiger charge is -2.37. The monoisotopic (exact) mass is 255 g/mol. The third-order valence-electron chi connectivity index (χ3n) is 3.66. The zero-order valence-electron chi connectivity index (χ0n) is 10.1. The van der Waals surface area contributed by atoms with E-state index in [1.165, 1.54) is 19.3 Å². The number of nitrogens with one attached hydrogen (secondary N) is 1. The van der Waals surface area contributed by atoms with Gasteiger partial charge in [-0.2, -0.15) is 0 Å². The molecule has 1 aromatic heterocycles. The van der Waals surface area contributed by atoms with Gasteiger partial charge in [-0.1, -0.05) is 25.3 Å². The maximum atomic E-state index is 10.0. The highest BCUT2D eigenvalue weighted by Crippen LogP contribution is 2.28. The third-order valence-corrected chi connectivity index (χ3v) is 4.63. The van der Waals surface area contributed by atoms with E-state index in [9.17, 15) is 10.2 Å². The lowest BCUT2D eigenvalue weighted by Crippen LogP contribution is -2.51. The summed E-state index contributed by atoms with van der Waals surface area (Å²) in [7, 11) is 0. The van der Waals surface area contributed by atoms with Crippen LogP contribution in [0.2, 0.25) is 0 Å². The molecular weight excluding hydrogens is 234 g/mol. The second kappa shape index (κ2) is 5.96. The Balaban J connectivity index is 1.87. The van der Waals surface area contributed by atoms with Gasteiger partial charge in [-0.3, -0.25) is 0 Å². The van der Waals surface area contributed by atoms with Gasteiger partial charge in [0.05, 0.1) is 6.61 Å². The minimum atomic E-state index is -0.458. The SMILES string of the molecule is OCC1(NCC(O)c2cccs2)CCCCC1. The summed E-state index contributed by atoms with van der Waals surface area (Å²) in [5.74, 6) is 0. The number of hydrogen-bond donors (Lipinski definition) is 3. The lowest BCUT2D eigenvalue weighted by molar-refractivity contribution is 0.0954. The van der Waals surface area contributed by atoms with Crippen molar-refractivity contribution in [3.63, 3.8) is 0 Å². The first-order valence-electron chi connectivity index (χ1n) is 6.33. The first-order chi connectivity index (χ1) is 8.26. The highest BCUT2D eigenvalue weighted by molar-refractivity contribution is 7.10. The molecular formula is C13H21NO2S. The normalized spacial score (nSPS) is 21.3. The van der Waals surface area contributed by atoms with Crippen molar-refractivity contribution in [2.24, 2.45) is 0 Å². The molecule has 1 unspecified atom stereocenters. The third kappa shape index (κ3) is 3.28. The minimum Gasteiger partial charge on any atom is -0.394 e. The van der Waals surface area contributed by atoms with Crippen molar-refractivity contribution in [3.05, 3.63) is 22.4 Å². The van der Waals surface area contributed by atoms with Crippen LogP contribution in [0.5, 0.6) is 0 Å². The fourth-order valence-corrected chi connectivity index (χ4v) is 3.23. The van der Waals surface area contributed by atoms with Gasteiger partial charge < -0.3 is 15.5 Å². The maximum absolute atomic E-state index is 10.0. The molecule has 2 rings (SSSR count). The summed E-state index contributed by atoms with van der Waals surface area (Å²) in [5, 5.41) is 24.9. The Morgan fingerprint density at radius 1 is 1.35 bits per heavy atom. The summed E-state index contributed by atoms with van der Waals surface area (Å²) in [6.07, 6.45) is 5.17. The van der Waals surface area contributed by atoms with Gasteiger partial charge in [0.25, 0.3) is 0 Å². The van der Waals surface area contributed by atoms with Gasteiger partial charge in [-0.15, -0.1) is 11.3 Å². The number of rotatable bonds is 5. The van der Waals surface area contributed by atoms with Crippen molar-refractivity contribution < 1.29 is 10.2 Å². The van der Waals surface area contributed by atoms with Gasteiger partial charge >= 0.3 is 0 Å². The lowest BCUT2D eigenvalue weighted by atomic mass is 9.82. The van der Waals surface area contributed by atoms with Crippen LogP contribution in [0, 0.1) is 0 Å². The molecule has 1 fully saturated rings. The standard InChI is InChI=1S/C13H21NO2S/c15-10-13(6-2-1-3-7-13)14-9-11(16)12-5-4-8-17-12/h4-5,8,11,14-16H,1-3,6-7,9-10H2. The first kappa shape index (κ1) is 13.0. The van der Waals surface area contributed by atoms with E-state index in [0.717, 1.165) is 17.7 Å². The predicted molar refractivity (Wildman–Crippen MR) is 70.2 cm³/mol. The van der Waals surface area contributed by atoms with Gasteiger partial charge in [0.2, 0.25) is 0 Å². The molecule has 96 valence electrons. The summed E-state index contributed by atoms with van der Waals surface area (Å²) in [5.41, 5.74) is -0.156. The summed E-state index contributed by atoms with van der Waals surface area (Å²) in [6.45, 7) is 0.700. The molecule has 3 N–H and O–H groups in total. The van der Waals surface area contributed by atoms with Crippen molar-refractivity contribution in [1.82, 2.24) is 5.32 Å². The molecule has 1 saturated carbocycles. The molecule has 4 heteroatoms. The van der Waals surface area contributed by atoms with Gasteiger partial charge in [0, 0.05) is 17.0 Å². The Morgan fingerprint density at radius 3 is 2.71 bits per heavy atom. The van der Waals surface area contributed by atoms with E-state index in [-0.39, 0.29) is 12.1 Å². The van der Waals surface area contributed by atoms with Crippen LogP contribution >= 0.6 is 11.3 Å². The summed E-state index contributed by atoms with van der Waals surface area (Å²) < 4.78 is 0. The second-order valence-corrected chi connectivity index (χ2v) is 5.89. The highest BCUT2D eigenvalue weighted by atomic mass is 32.1. The Kier molecular flexibility index (Phi) is 4.56. The molecule has 0 saturated heterocycles. The van der Waals surface area contributed by atoms with E-state index in [1.54, 1.807) is 11.3 Å². The number of aliphatic hydroxyl groups excluding tert-OH is 2. The molecule has 1 aliphatic carbocycles. The molecule has 3 nitrogen and oxygen atoms in total. The van der Waals surface area contributed by atoms with Crippen LogP contribution in [0.4, 0.5) is 0 Å². The molecule has 17 heavy (non-hydrogen) atoms. The van der Waals surface area contributed by atoms with Crippen LogP contribution in [0.3, 0.4) is 0 Å². The number of aliphatic hydroxyl groups is 2. The van der Waals surface area contributed by atoms with Crippen LogP contribution in [-0.4, -0.2) is 28.9 Å². The Hall–Kier alpha value is -0.420. The van der Waals surface area contributed by atoms with Gasteiger partial charge in [-0.05, 0) is 24.3 Å². The predicted octanol–water partition coefficient (Wildman–Crippen LogP) is 2.07. The average Bonchev–Trinajstić information content (AvgIpc) is 2.91. The Morgan fingerprint density at radius 2 is 2.12 bits per heavy atom. The smallest absolute Gasteiger partial charge is 0.101 e. The summed E-state index contributed by atoms with van der Waals surface area (Å²) >= 11 is 1.57. The summed E-state index contributed by atoms with van der Waals surface area (Å²) in [4.78, 5) is 0.987. The molecule has 1 atom stereocenters. The van der Waals surface area contributed by atoms with Crippen molar-refractivity contribution in [2.75, 3.05) is 13.2 Å². The van der Waals surface area contributed by atoms with Crippen molar-refractivity contribution >= 4 is 11.3 Å². The first-order valence-corrected chi connectivity index (χ1v) is 7.21. The van der Waals surface area contributed by atoms with Crippen LogP contribution in [-0.2, 0) is 0 Å². The fourth-order valence-electron chi connectivity index (χ4n) is 2.51. The fraction of sp³-hybridized carbons (Fsp3) is 0.692. The second-order valence-electron chi connectivity index (χ2n) is 4.91. The number of thiophene rings is 1. The highest BCUT2D eigenvalue weighted by Gasteiger charge is 2.31. The van der Waals surface area contributed by atoms with E-state index in [4.69, 9.17) is 0 Å². The zero-order chi connectivity index (χ0) is 12.1. The topological polar surface area (TPSA) is 52.5 Å². The zero-order valence-corrected chi connectivity index (χ0v) is 10.9. The van der Waals surface area contributed by atoms with E-state index in [0.29, 0.717) is 6.54 Å². The average molecular weight is 255 g/mol. The van der Waals surface area contributed by atoms with E-state index >= 15 is 0 Å². The quantitative estimate of drug-likeness (QED) is 0.755. The molecule has 1 heterocycles. The van der Waals surface area contributed by atoms with Crippen molar-refractivity contribution in [1.29, 1.82) is 0 Å². The van der Waals surface area contributed by atoms with Crippen molar-refractivity contribution in [3.8, 4) is 0 Å². The molecule has 0 aliphatic heterocycles. The molecule has 0 aromatic carbocycles. The van der Waals surface area contributed by atoms with Gasteiger partial charge in [-0.25, -0.2) is 0 Å². The molecule has 0 bridgehead atoms. The Labute approximate surface area is 106 Å². The molecule has 1 aliphatic rings. The minimum absolute atomic E-state index is 0.156. The van der Waals surface area contributed by atoms with Gasteiger partial charge in [0.15, 0.2) is 0 Å². The number of β-amino-alcohol motifs (C(OH)–C–C–N with tert-alkyl or cyclic N) is 1. The maximum Gasteiger partial charge on any atom is 0.101 e. The van der Waals surface area contributed by atoms with Gasteiger partial charge in [0.1, 0.15) is 6.10 Å². The molecule has 1 aromatic rings. The van der Waals surface area contributed by atoms with E-state index < -0.39 is 6.10 Å². The molecule has 0 amide bonds. The largest absolute Gasteiger partial charge is 0.394 e. The Bertz CT molecular complexity index is 320. The van der Waals surface area contributed by atoms with Crippen LogP contribution in [0.15, 0.2) is 17.5 Å². The van der Waals surface area contributed by atoms with Crippen LogP contribution in [0.1, 0.15) is 43.1 Å². The summed E-state index contributed by atoms with van der Waals surface area (Å²) in [6, 6.07) is 3.90. The van der Waals surface area contributed by atoms with Crippen LogP contribution in [0.25, 0.3) is 0 Å². The molecule has 0 radical (unpaired) electrons. The van der Waals surface area contributed by atoms with E-state index in [1.807, 2.05) is 17.5 Å². The molecule has 0 spiro atoms. The van der Waals surface area contributed by atoms with Crippen LogP contribution < -0.4 is 5.32 Å².